The molecule has 1 atom stereocenters. The number of carbonyl (C=O) groups excluding carboxylic acids is 2. The van der Waals surface area contributed by atoms with Crippen molar-refractivity contribution in [2.45, 2.75) is 46.1 Å². The fourth-order valence-corrected chi connectivity index (χ4v) is 2.10. The van der Waals surface area contributed by atoms with Crippen molar-refractivity contribution in [1.29, 1.82) is 0 Å². The van der Waals surface area contributed by atoms with Gasteiger partial charge in [-0.25, -0.2) is 0 Å². The number of Topliss-reactive ketones (excluding diaryl/α,β-unsaturated/α-hetero) is 1. The van der Waals surface area contributed by atoms with E-state index in [1.165, 1.54) is 0 Å². The van der Waals surface area contributed by atoms with Crippen molar-refractivity contribution in [3.8, 4) is 0 Å². The Morgan fingerprint density at radius 3 is 2.53 bits per heavy atom. The highest BCUT2D eigenvalue weighted by molar-refractivity contribution is 7.08. The average Bonchev–Trinajstić information content (AvgIpc) is 2.76. The summed E-state index contributed by atoms with van der Waals surface area (Å²) in [5.41, 5.74) is 0.684. The second-order valence-electron chi connectivity index (χ2n) is 4.16. The largest absolute Gasteiger partial charge is 0.342 e. The van der Waals surface area contributed by atoms with E-state index in [2.05, 4.69) is 14.9 Å². The zero-order chi connectivity index (χ0) is 13.0. The van der Waals surface area contributed by atoms with Crippen LogP contribution in [0.5, 0.6) is 0 Å². The number of aromatic nitrogens is 2. The minimum Gasteiger partial charge on any atom is -0.342 e. The molecule has 1 unspecified atom stereocenters. The number of carbonyl (C=O) groups is 2. The lowest BCUT2D eigenvalue weighted by atomic mass is 10.1. The second-order valence-corrected chi connectivity index (χ2v) is 4.91. The highest BCUT2D eigenvalue weighted by Gasteiger charge is 2.21. The Kier molecular flexibility index (Phi) is 4.74. The van der Waals surface area contributed by atoms with E-state index < -0.39 is 6.04 Å². The van der Waals surface area contributed by atoms with Gasteiger partial charge < -0.3 is 5.32 Å². The molecule has 0 radical (unpaired) electrons. The summed E-state index contributed by atoms with van der Waals surface area (Å²) in [6, 6.07) is -0.463. The number of amides is 1. The predicted octanol–water partition coefficient (Wildman–Crippen LogP) is 1.76. The van der Waals surface area contributed by atoms with Crippen molar-refractivity contribution in [2.24, 2.45) is 0 Å². The summed E-state index contributed by atoms with van der Waals surface area (Å²) in [4.78, 5) is 23.8. The summed E-state index contributed by atoms with van der Waals surface area (Å²) in [6.07, 6.45) is 0.416. The highest BCUT2D eigenvalue weighted by Crippen LogP contribution is 2.19. The van der Waals surface area contributed by atoms with Crippen LogP contribution in [0.1, 0.15) is 55.4 Å². The maximum Gasteiger partial charge on any atom is 0.265 e. The zero-order valence-electron chi connectivity index (χ0n) is 10.5. The third-order valence-electron chi connectivity index (χ3n) is 2.45. The first kappa shape index (κ1) is 13.8. The second kappa shape index (κ2) is 5.86. The van der Waals surface area contributed by atoms with Gasteiger partial charge in [-0.3, -0.25) is 9.59 Å². The Hall–Kier alpha value is -1.30. The molecule has 0 aromatic carbocycles. The van der Waals surface area contributed by atoms with Gasteiger partial charge in [0.2, 0.25) is 0 Å². The smallest absolute Gasteiger partial charge is 0.265 e. The van der Waals surface area contributed by atoms with E-state index in [4.69, 9.17) is 0 Å². The van der Waals surface area contributed by atoms with Crippen molar-refractivity contribution < 1.29 is 9.59 Å². The van der Waals surface area contributed by atoms with Crippen molar-refractivity contribution in [3.63, 3.8) is 0 Å². The van der Waals surface area contributed by atoms with E-state index in [0.29, 0.717) is 17.0 Å². The van der Waals surface area contributed by atoms with Crippen LogP contribution >= 0.6 is 11.5 Å². The van der Waals surface area contributed by atoms with Crippen LogP contribution in [0.4, 0.5) is 0 Å². The number of ketones is 1. The monoisotopic (exact) mass is 255 g/mol. The molecule has 0 saturated carbocycles. The molecule has 1 heterocycles. The molecule has 0 aliphatic rings. The number of nitrogens with one attached hydrogen (secondary N) is 1. The molecule has 0 saturated heterocycles. The van der Waals surface area contributed by atoms with Crippen LogP contribution < -0.4 is 5.32 Å². The minimum atomic E-state index is -0.463. The fourth-order valence-electron chi connectivity index (χ4n) is 1.38. The summed E-state index contributed by atoms with van der Waals surface area (Å²) in [5.74, 6) is -0.105. The molecular weight excluding hydrogens is 238 g/mol. The van der Waals surface area contributed by atoms with Crippen LogP contribution in [-0.2, 0) is 4.79 Å². The van der Waals surface area contributed by atoms with E-state index in [0.717, 1.165) is 11.5 Å². The van der Waals surface area contributed by atoms with Crippen molar-refractivity contribution in [3.05, 3.63) is 10.6 Å². The zero-order valence-corrected chi connectivity index (χ0v) is 11.3. The molecule has 94 valence electrons. The van der Waals surface area contributed by atoms with E-state index in [-0.39, 0.29) is 17.6 Å². The van der Waals surface area contributed by atoms with Gasteiger partial charge in [0.05, 0.1) is 11.7 Å². The number of rotatable bonds is 5. The standard InChI is InChI=1S/C11H17N3O2S/c1-5-8(15)7(4)12-11(16)10-9(6(2)3)13-14-17-10/h6-7H,5H2,1-4H3,(H,12,16). The third-order valence-corrected chi connectivity index (χ3v) is 3.19. The average molecular weight is 255 g/mol. The molecular formula is C11H17N3O2S. The lowest BCUT2D eigenvalue weighted by Crippen LogP contribution is -2.38. The van der Waals surface area contributed by atoms with E-state index in [1.807, 2.05) is 13.8 Å². The van der Waals surface area contributed by atoms with Gasteiger partial charge in [-0.2, -0.15) is 0 Å². The van der Waals surface area contributed by atoms with E-state index >= 15 is 0 Å². The van der Waals surface area contributed by atoms with Gasteiger partial charge in [-0.15, -0.1) is 5.10 Å². The van der Waals surface area contributed by atoms with Crippen LogP contribution in [-0.4, -0.2) is 27.3 Å². The Morgan fingerprint density at radius 1 is 1.35 bits per heavy atom. The van der Waals surface area contributed by atoms with Gasteiger partial charge in [-0.1, -0.05) is 25.3 Å². The number of hydrogen-bond donors (Lipinski definition) is 1. The van der Waals surface area contributed by atoms with Crippen LogP contribution in [0, 0.1) is 0 Å². The van der Waals surface area contributed by atoms with Gasteiger partial charge in [0.1, 0.15) is 4.88 Å². The Labute approximate surface area is 105 Å². The van der Waals surface area contributed by atoms with Crippen molar-refractivity contribution in [1.82, 2.24) is 14.9 Å². The third kappa shape index (κ3) is 3.33. The first-order valence-electron chi connectivity index (χ1n) is 5.63. The molecule has 0 fully saturated rings. The van der Waals surface area contributed by atoms with Gasteiger partial charge in [-0.05, 0) is 24.4 Å². The Morgan fingerprint density at radius 2 is 2.00 bits per heavy atom. The molecule has 0 spiro atoms. The maximum atomic E-state index is 11.9. The molecule has 1 aromatic rings. The van der Waals surface area contributed by atoms with Gasteiger partial charge in [0.25, 0.3) is 5.91 Å². The summed E-state index contributed by atoms with van der Waals surface area (Å²) >= 11 is 1.06. The quantitative estimate of drug-likeness (QED) is 0.870. The van der Waals surface area contributed by atoms with Crippen LogP contribution in [0.2, 0.25) is 0 Å². The van der Waals surface area contributed by atoms with E-state index in [1.54, 1.807) is 13.8 Å². The van der Waals surface area contributed by atoms with Crippen LogP contribution in [0.15, 0.2) is 0 Å². The Balaban J connectivity index is 2.76. The summed E-state index contributed by atoms with van der Waals surface area (Å²) in [7, 11) is 0. The maximum absolute atomic E-state index is 11.9. The molecule has 1 amide bonds. The summed E-state index contributed by atoms with van der Waals surface area (Å²) in [6.45, 7) is 7.37. The molecule has 0 bridgehead atoms. The number of hydrogen-bond acceptors (Lipinski definition) is 5. The summed E-state index contributed by atoms with van der Waals surface area (Å²) < 4.78 is 3.78. The fraction of sp³-hybridized carbons (Fsp3) is 0.636. The van der Waals surface area contributed by atoms with E-state index in [9.17, 15) is 9.59 Å². The first-order valence-corrected chi connectivity index (χ1v) is 6.40. The first-order chi connectivity index (χ1) is 7.97. The molecule has 0 aliphatic carbocycles. The predicted molar refractivity (Wildman–Crippen MR) is 66.2 cm³/mol. The van der Waals surface area contributed by atoms with Gasteiger partial charge in [0, 0.05) is 6.42 Å². The van der Waals surface area contributed by atoms with Crippen LogP contribution in [0.25, 0.3) is 0 Å². The van der Waals surface area contributed by atoms with Crippen molar-refractivity contribution >= 4 is 23.2 Å². The molecule has 6 heteroatoms. The molecule has 5 nitrogen and oxygen atoms in total. The van der Waals surface area contributed by atoms with Crippen molar-refractivity contribution in [2.75, 3.05) is 0 Å². The molecule has 1 rings (SSSR count). The summed E-state index contributed by atoms with van der Waals surface area (Å²) in [5, 5.41) is 6.60. The molecule has 0 aliphatic heterocycles. The molecule has 1 aromatic heterocycles. The highest BCUT2D eigenvalue weighted by atomic mass is 32.1. The number of nitrogens with zero attached hydrogens (tertiary/aromatic N) is 2. The normalized spacial score (nSPS) is 12.5. The topological polar surface area (TPSA) is 72.0 Å². The lowest BCUT2D eigenvalue weighted by molar-refractivity contribution is -0.120. The molecule has 1 N–H and O–H groups in total. The Bertz CT molecular complexity index is 415. The van der Waals surface area contributed by atoms with Crippen LogP contribution in [0.3, 0.4) is 0 Å². The lowest BCUT2D eigenvalue weighted by Gasteiger charge is -2.11. The van der Waals surface area contributed by atoms with Gasteiger partial charge >= 0.3 is 0 Å². The SMILES string of the molecule is CCC(=O)C(C)NC(=O)c1snnc1C(C)C. The van der Waals surface area contributed by atoms with Gasteiger partial charge in [0.15, 0.2) is 5.78 Å². The molecule has 17 heavy (non-hydrogen) atoms. The minimum absolute atomic E-state index is 0.0157.